The third kappa shape index (κ3) is 4.32. The van der Waals surface area contributed by atoms with Crippen molar-refractivity contribution in [3.8, 4) is 22.3 Å². The fourth-order valence-corrected chi connectivity index (χ4v) is 3.84. The van der Waals surface area contributed by atoms with Gasteiger partial charge in [0.25, 0.3) is 5.91 Å². The molecular weight excluding hydrogens is 344 g/mol. The smallest absolute Gasteiger partial charge is 0.251 e. The molecule has 3 aromatic carbocycles. The van der Waals surface area contributed by atoms with Crippen molar-refractivity contribution in [2.75, 3.05) is 26.2 Å². The molecule has 0 aromatic heterocycles. The maximum atomic E-state index is 13.1. The zero-order chi connectivity index (χ0) is 19.2. The summed E-state index contributed by atoms with van der Waals surface area (Å²) in [5.41, 5.74) is 4.94. The summed E-state index contributed by atoms with van der Waals surface area (Å²) in [4.78, 5) is 15.5. The minimum absolute atomic E-state index is 0.00386. The van der Waals surface area contributed by atoms with Crippen LogP contribution in [-0.4, -0.2) is 37.0 Å². The molecule has 1 aliphatic rings. The van der Waals surface area contributed by atoms with Gasteiger partial charge in [0.15, 0.2) is 0 Å². The summed E-state index contributed by atoms with van der Waals surface area (Å²) in [5.74, 6) is -0.00386. The standard InChI is InChI=1S/C25H26N2O/c28-25(26-15-18-27-16-7-8-17-27)24-19-22(20-9-3-1-4-10-20)13-14-23(24)21-11-5-2-6-12-21/h1-6,9-14,19H,7-8,15-18H2,(H,26,28). The number of hydrogen-bond acceptors (Lipinski definition) is 2. The van der Waals surface area contributed by atoms with Gasteiger partial charge >= 0.3 is 0 Å². The first kappa shape index (κ1) is 18.5. The molecule has 0 saturated carbocycles. The molecule has 0 spiro atoms. The third-order valence-electron chi connectivity index (χ3n) is 5.37. The second-order valence-corrected chi connectivity index (χ2v) is 7.30. The summed E-state index contributed by atoms with van der Waals surface area (Å²) in [7, 11) is 0. The van der Waals surface area contributed by atoms with Crippen LogP contribution in [0.1, 0.15) is 23.2 Å². The Morgan fingerprint density at radius 1 is 0.786 bits per heavy atom. The second-order valence-electron chi connectivity index (χ2n) is 7.30. The fraction of sp³-hybridized carbons (Fsp3) is 0.240. The van der Waals surface area contributed by atoms with Crippen LogP contribution >= 0.6 is 0 Å². The van der Waals surface area contributed by atoms with Crippen molar-refractivity contribution in [2.45, 2.75) is 12.8 Å². The van der Waals surface area contributed by atoms with Gasteiger partial charge in [0.2, 0.25) is 0 Å². The van der Waals surface area contributed by atoms with Gasteiger partial charge in [0.05, 0.1) is 0 Å². The Bertz CT molecular complexity index is 916. The lowest BCUT2D eigenvalue weighted by Crippen LogP contribution is -2.33. The first-order valence-electron chi connectivity index (χ1n) is 10.1. The monoisotopic (exact) mass is 370 g/mol. The van der Waals surface area contributed by atoms with Crippen LogP contribution < -0.4 is 5.32 Å². The predicted molar refractivity (Wildman–Crippen MR) is 115 cm³/mol. The van der Waals surface area contributed by atoms with E-state index in [0.29, 0.717) is 6.54 Å². The molecule has 4 rings (SSSR count). The lowest BCUT2D eigenvalue weighted by Gasteiger charge is -2.16. The summed E-state index contributed by atoms with van der Waals surface area (Å²) in [5, 5.41) is 3.13. The number of nitrogens with one attached hydrogen (secondary N) is 1. The molecule has 1 heterocycles. The Labute approximate surface area is 167 Å². The number of likely N-dealkylation sites (tertiary alicyclic amines) is 1. The Kier molecular flexibility index (Phi) is 5.83. The van der Waals surface area contributed by atoms with Gasteiger partial charge in [0, 0.05) is 18.7 Å². The Balaban J connectivity index is 1.60. The van der Waals surface area contributed by atoms with Crippen LogP contribution in [0, 0.1) is 0 Å². The van der Waals surface area contributed by atoms with Crippen LogP contribution in [0.4, 0.5) is 0 Å². The fourth-order valence-electron chi connectivity index (χ4n) is 3.84. The largest absolute Gasteiger partial charge is 0.351 e. The molecule has 0 atom stereocenters. The number of amides is 1. The van der Waals surface area contributed by atoms with Crippen LogP contribution in [0.2, 0.25) is 0 Å². The highest BCUT2D eigenvalue weighted by molar-refractivity contribution is 6.02. The quantitative estimate of drug-likeness (QED) is 0.673. The van der Waals surface area contributed by atoms with E-state index in [-0.39, 0.29) is 5.91 Å². The van der Waals surface area contributed by atoms with Gasteiger partial charge in [-0.15, -0.1) is 0 Å². The van der Waals surface area contributed by atoms with Gasteiger partial charge in [-0.1, -0.05) is 72.8 Å². The van der Waals surface area contributed by atoms with E-state index in [0.717, 1.165) is 47.5 Å². The number of nitrogens with zero attached hydrogens (tertiary/aromatic N) is 1. The van der Waals surface area contributed by atoms with Crippen molar-refractivity contribution in [3.63, 3.8) is 0 Å². The molecule has 28 heavy (non-hydrogen) atoms. The van der Waals surface area contributed by atoms with Gasteiger partial charge in [-0.05, 0) is 54.3 Å². The zero-order valence-corrected chi connectivity index (χ0v) is 16.1. The summed E-state index contributed by atoms with van der Waals surface area (Å²) in [6, 6.07) is 26.5. The summed E-state index contributed by atoms with van der Waals surface area (Å²) in [6.07, 6.45) is 2.54. The molecule has 1 N–H and O–H groups in total. The zero-order valence-electron chi connectivity index (χ0n) is 16.1. The number of carbonyl (C=O) groups is 1. The van der Waals surface area contributed by atoms with E-state index in [9.17, 15) is 4.79 Å². The highest BCUT2D eigenvalue weighted by atomic mass is 16.1. The number of rotatable bonds is 6. The third-order valence-corrected chi connectivity index (χ3v) is 5.37. The molecule has 1 fully saturated rings. The van der Waals surface area contributed by atoms with E-state index < -0.39 is 0 Å². The van der Waals surface area contributed by atoms with E-state index >= 15 is 0 Å². The lowest BCUT2D eigenvalue weighted by atomic mass is 9.94. The molecule has 0 aliphatic carbocycles. The number of hydrogen-bond donors (Lipinski definition) is 1. The second kappa shape index (κ2) is 8.85. The SMILES string of the molecule is O=C(NCCN1CCCC1)c1cc(-c2ccccc2)ccc1-c1ccccc1. The number of carbonyl (C=O) groups excluding carboxylic acids is 1. The van der Waals surface area contributed by atoms with Gasteiger partial charge in [-0.25, -0.2) is 0 Å². The van der Waals surface area contributed by atoms with Crippen molar-refractivity contribution in [3.05, 3.63) is 84.4 Å². The first-order valence-corrected chi connectivity index (χ1v) is 10.1. The van der Waals surface area contributed by atoms with E-state index in [1.165, 1.54) is 12.8 Å². The summed E-state index contributed by atoms with van der Waals surface area (Å²) >= 11 is 0. The van der Waals surface area contributed by atoms with Crippen LogP contribution in [0.25, 0.3) is 22.3 Å². The molecule has 1 saturated heterocycles. The molecule has 3 aromatic rings. The molecule has 0 unspecified atom stereocenters. The molecule has 0 bridgehead atoms. The van der Waals surface area contributed by atoms with Gasteiger partial charge in [-0.3, -0.25) is 4.79 Å². The maximum absolute atomic E-state index is 13.1. The topological polar surface area (TPSA) is 32.3 Å². The van der Waals surface area contributed by atoms with Crippen LogP contribution in [0.3, 0.4) is 0 Å². The normalized spacial score (nSPS) is 14.1. The summed E-state index contributed by atoms with van der Waals surface area (Å²) in [6.45, 7) is 3.90. The molecule has 142 valence electrons. The van der Waals surface area contributed by atoms with Crippen LogP contribution in [-0.2, 0) is 0 Å². The van der Waals surface area contributed by atoms with Crippen molar-refractivity contribution in [1.29, 1.82) is 0 Å². The first-order chi connectivity index (χ1) is 13.8. The molecular formula is C25H26N2O. The molecule has 1 amide bonds. The van der Waals surface area contributed by atoms with E-state index in [4.69, 9.17) is 0 Å². The van der Waals surface area contributed by atoms with Crippen molar-refractivity contribution >= 4 is 5.91 Å². The van der Waals surface area contributed by atoms with Crippen LogP contribution in [0.15, 0.2) is 78.9 Å². The minimum atomic E-state index is -0.00386. The molecule has 3 heteroatoms. The van der Waals surface area contributed by atoms with E-state index in [1.807, 2.05) is 42.5 Å². The molecule has 0 radical (unpaired) electrons. The Morgan fingerprint density at radius 2 is 1.43 bits per heavy atom. The minimum Gasteiger partial charge on any atom is -0.351 e. The maximum Gasteiger partial charge on any atom is 0.251 e. The van der Waals surface area contributed by atoms with Gasteiger partial charge < -0.3 is 10.2 Å². The van der Waals surface area contributed by atoms with Crippen molar-refractivity contribution in [1.82, 2.24) is 10.2 Å². The van der Waals surface area contributed by atoms with Crippen molar-refractivity contribution in [2.24, 2.45) is 0 Å². The van der Waals surface area contributed by atoms with Crippen LogP contribution in [0.5, 0.6) is 0 Å². The average Bonchev–Trinajstić information content (AvgIpc) is 3.28. The van der Waals surface area contributed by atoms with Crippen molar-refractivity contribution < 1.29 is 4.79 Å². The van der Waals surface area contributed by atoms with Gasteiger partial charge in [-0.2, -0.15) is 0 Å². The molecule has 3 nitrogen and oxygen atoms in total. The highest BCUT2D eigenvalue weighted by Crippen LogP contribution is 2.29. The highest BCUT2D eigenvalue weighted by Gasteiger charge is 2.16. The summed E-state index contributed by atoms with van der Waals surface area (Å²) < 4.78 is 0. The van der Waals surface area contributed by atoms with E-state index in [2.05, 4.69) is 46.6 Å². The predicted octanol–water partition coefficient (Wildman–Crippen LogP) is 4.85. The molecule has 1 aliphatic heterocycles. The number of benzene rings is 3. The average molecular weight is 370 g/mol. The Morgan fingerprint density at radius 3 is 2.11 bits per heavy atom. The van der Waals surface area contributed by atoms with E-state index in [1.54, 1.807) is 0 Å². The van der Waals surface area contributed by atoms with Gasteiger partial charge in [0.1, 0.15) is 0 Å². The lowest BCUT2D eigenvalue weighted by molar-refractivity contribution is 0.0950. The Hall–Kier alpha value is -2.91.